The number of piperazine rings is 1. The molecular formula is C23H22F3N5O2S. The van der Waals surface area contributed by atoms with Crippen LogP contribution in [-0.4, -0.2) is 62.6 Å². The van der Waals surface area contributed by atoms with Crippen LogP contribution in [0.15, 0.2) is 48.5 Å². The minimum absolute atomic E-state index is 0.00542. The van der Waals surface area contributed by atoms with Crippen molar-refractivity contribution in [1.82, 2.24) is 24.6 Å². The third-order valence-electron chi connectivity index (χ3n) is 5.71. The number of nitrogens with one attached hydrogen (secondary N) is 1. The molecule has 0 radical (unpaired) electrons. The molecule has 2 heterocycles. The first-order valence-corrected chi connectivity index (χ1v) is 11.0. The lowest BCUT2D eigenvalue weighted by Gasteiger charge is -2.35. The summed E-state index contributed by atoms with van der Waals surface area (Å²) in [7, 11) is 0. The number of aryl methyl sites for hydroxylation is 1. The average molecular weight is 490 g/mol. The van der Waals surface area contributed by atoms with Gasteiger partial charge in [0.2, 0.25) is 5.91 Å². The lowest BCUT2D eigenvalue weighted by Crippen LogP contribution is -2.51. The molecule has 1 aliphatic rings. The van der Waals surface area contributed by atoms with E-state index in [1.54, 1.807) is 9.47 Å². The Kier molecular flexibility index (Phi) is 6.56. The molecule has 2 aromatic carbocycles. The predicted molar refractivity (Wildman–Crippen MR) is 122 cm³/mol. The highest BCUT2D eigenvalue weighted by Gasteiger charge is 2.31. The van der Waals surface area contributed by atoms with Crippen LogP contribution in [0, 0.1) is 11.7 Å². The molecule has 3 aromatic rings. The first-order valence-electron chi connectivity index (χ1n) is 10.6. The Balaban J connectivity index is 1.39. The zero-order chi connectivity index (χ0) is 24.5. The SMILES string of the molecule is Cc1cccc(-c2n[nH]c(=S)n2CC(=O)N2CCN(C(=O)c3ccc(C(F)(F)F)cc3)CC2)c1. The number of aromatic nitrogens is 3. The Labute approximate surface area is 198 Å². The van der Waals surface area contributed by atoms with E-state index in [1.165, 1.54) is 17.0 Å². The molecule has 1 aliphatic heterocycles. The van der Waals surface area contributed by atoms with Crippen LogP contribution in [-0.2, 0) is 17.5 Å². The molecule has 0 atom stereocenters. The van der Waals surface area contributed by atoms with Crippen LogP contribution >= 0.6 is 12.2 Å². The normalized spacial score (nSPS) is 14.4. The van der Waals surface area contributed by atoms with Crippen LogP contribution in [0.2, 0.25) is 0 Å². The smallest absolute Gasteiger partial charge is 0.338 e. The second kappa shape index (κ2) is 9.41. The Morgan fingerprint density at radius 1 is 1.03 bits per heavy atom. The zero-order valence-electron chi connectivity index (χ0n) is 18.3. The molecule has 0 saturated carbocycles. The lowest BCUT2D eigenvalue weighted by molar-refractivity contribution is -0.137. The Morgan fingerprint density at radius 3 is 2.29 bits per heavy atom. The van der Waals surface area contributed by atoms with E-state index in [4.69, 9.17) is 12.2 Å². The van der Waals surface area contributed by atoms with Gasteiger partial charge in [0.15, 0.2) is 10.6 Å². The second-order valence-corrected chi connectivity index (χ2v) is 8.44. The molecule has 4 rings (SSSR count). The summed E-state index contributed by atoms with van der Waals surface area (Å²) in [5.41, 5.74) is 1.27. The number of H-pyrrole nitrogens is 1. The molecule has 11 heteroatoms. The van der Waals surface area contributed by atoms with E-state index in [9.17, 15) is 22.8 Å². The van der Waals surface area contributed by atoms with Gasteiger partial charge in [-0.25, -0.2) is 0 Å². The zero-order valence-corrected chi connectivity index (χ0v) is 19.1. The topological polar surface area (TPSA) is 74.2 Å². The second-order valence-electron chi connectivity index (χ2n) is 8.06. The van der Waals surface area contributed by atoms with Crippen molar-refractivity contribution in [2.24, 2.45) is 0 Å². The largest absolute Gasteiger partial charge is 0.416 e. The fourth-order valence-electron chi connectivity index (χ4n) is 3.85. The van der Waals surface area contributed by atoms with Crippen LogP contribution in [0.4, 0.5) is 13.2 Å². The average Bonchev–Trinajstić information content (AvgIpc) is 3.18. The minimum atomic E-state index is -4.45. The molecule has 2 amide bonds. The third kappa shape index (κ3) is 5.04. The highest BCUT2D eigenvalue weighted by Crippen LogP contribution is 2.29. The molecule has 1 aromatic heterocycles. The number of carbonyl (C=O) groups excluding carboxylic acids is 2. The van der Waals surface area contributed by atoms with Crippen molar-refractivity contribution < 1.29 is 22.8 Å². The van der Waals surface area contributed by atoms with Crippen LogP contribution in [0.5, 0.6) is 0 Å². The number of amides is 2. The number of aromatic amines is 1. The number of hydrogen-bond acceptors (Lipinski definition) is 4. The van der Waals surface area contributed by atoms with E-state index in [-0.39, 0.29) is 37.0 Å². The number of hydrogen-bond donors (Lipinski definition) is 1. The summed E-state index contributed by atoms with van der Waals surface area (Å²) in [6, 6.07) is 11.9. The molecule has 1 N–H and O–H groups in total. The van der Waals surface area contributed by atoms with Crippen LogP contribution < -0.4 is 0 Å². The van der Waals surface area contributed by atoms with Gasteiger partial charge in [-0.1, -0.05) is 23.8 Å². The van der Waals surface area contributed by atoms with Gasteiger partial charge >= 0.3 is 6.18 Å². The Morgan fingerprint density at radius 2 is 1.68 bits per heavy atom. The number of carbonyl (C=O) groups is 2. The van der Waals surface area contributed by atoms with Gasteiger partial charge in [0, 0.05) is 37.3 Å². The number of nitrogens with zero attached hydrogens (tertiary/aromatic N) is 4. The van der Waals surface area contributed by atoms with Crippen molar-refractivity contribution in [2.45, 2.75) is 19.6 Å². The summed E-state index contributed by atoms with van der Waals surface area (Å²) < 4.78 is 40.2. The van der Waals surface area contributed by atoms with Crippen molar-refractivity contribution in [3.63, 3.8) is 0 Å². The molecule has 178 valence electrons. The van der Waals surface area contributed by atoms with Gasteiger partial charge in [-0.3, -0.25) is 19.3 Å². The number of halogens is 3. The van der Waals surface area contributed by atoms with E-state index >= 15 is 0 Å². The molecule has 7 nitrogen and oxygen atoms in total. The summed E-state index contributed by atoms with van der Waals surface area (Å²) in [5, 5.41) is 7.01. The van der Waals surface area contributed by atoms with Crippen molar-refractivity contribution in [3.05, 3.63) is 70.0 Å². The lowest BCUT2D eigenvalue weighted by atomic mass is 10.1. The van der Waals surface area contributed by atoms with Gasteiger partial charge in [0.05, 0.1) is 5.56 Å². The van der Waals surface area contributed by atoms with E-state index in [0.717, 1.165) is 23.3 Å². The molecular weight excluding hydrogens is 467 g/mol. The number of benzene rings is 2. The third-order valence-corrected chi connectivity index (χ3v) is 6.02. The van der Waals surface area contributed by atoms with Gasteiger partial charge < -0.3 is 9.80 Å². The first kappa shape index (κ1) is 23.7. The minimum Gasteiger partial charge on any atom is -0.338 e. The molecule has 1 saturated heterocycles. The van der Waals surface area contributed by atoms with E-state index in [1.807, 2.05) is 31.2 Å². The highest BCUT2D eigenvalue weighted by molar-refractivity contribution is 7.71. The summed E-state index contributed by atoms with van der Waals surface area (Å²) in [4.78, 5) is 28.8. The van der Waals surface area contributed by atoms with Crippen molar-refractivity contribution in [3.8, 4) is 11.4 Å². The van der Waals surface area contributed by atoms with Crippen LogP contribution in [0.1, 0.15) is 21.5 Å². The fraction of sp³-hybridized carbons (Fsp3) is 0.304. The van der Waals surface area contributed by atoms with Crippen molar-refractivity contribution in [2.75, 3.05) is 26.2 Å². The maximum atomic E-state index is 13.0. The van der Waals surface area contributed by atoms with Crippen molar-refractivity contribution in [1.29, 1.82) is 0 Å². The molecule has 0 unspecified atom stereocenters. The van der Waals surface area contributed by atoms with Gasteiger partial charge in [-0.05, 0) is 49.5 Å². The molecule has 0 bridgehead atoms. The van der Waals surface area contributed by atoms with Crippen molar-refractivity contribution >= 4 is 24.0 Å². The van der Waals surface area contributed by atoms with Gasteiger partial charge in [-0.2, -0.15) is 18.3 Å². The molecule has 0 aliphatic carbocycles. The van der Waals surface area contributed by atoms with Crippen LogP contribution in [0.25, 0.3) is 11.4 Å². The highest BCUT2D eigenvalue weighted by atomic mass is 32.1. The first-order chi connectivity index (χ1) is 16.1. The Hall–Kier alpha value is -3.47. The monoisotopic (exact) mass is 489 g/mol. The molecule has 1 fully saturated rings. The summed E-state index contributed by atoms with van der Waals surface area (Å²) in [6.07, 6.45) is -4.45. The summed E-state index contributed by atoms with van der Waals surface area (Å²) in [5.74, 6) is 0.0470. The van der Waals surface area contributed by atoms with Gasteiger partial charge in [0.25, 0.3) is 5.91 Å². The number of rotatable bonds is 4. The maximum absolute atomic E-state index is 13.0. The maximum Gasteiger partial charge on any atom is 0.416 e. The standard InChI is InChI=1S/C23H22F3N5O2S/c1-15-3-2-4-17(13-15)20-27-28-22(34)31(20)14-19(32)29-9-11-30(12-10-29)21(33)16-5-7-18(8-6-16)23(24,25)26/h2-8,13H,9-12,14H2,1H3,(H,28,34). The van der Waals surface area contributed by atoms with E-state index in [2.05, 4.69) is 10.2 Å². The van der Waals surface area contributed by atoms with E-state index in [0.29, 0.717) is 23.7 Å². The summed E-state index contributed by atoms with van der Waals surface area (Å²) >= 11 is 5.32. The van der Waals surface area contributed by atoms with Crippen LogP contribution in [0.3, 0.4) is 0 Å². The molecule has 0 spiro atoms. The quantitative estimate of drug-likeness (QED) is 0.564. The fourth-order valence-corrected chi connectivity index (χ4v) is 4.04. The predicted octanol–water partition coefficient (Wildman–Crippen LogP) is 3.92. The summed E-state index contributed by atoms with van der Waals surface area (Å²) in [6.45, 7) is 3.17. The van der Waals surface area contributed by atoms with E-state index < -0.39 is 11.7 Å². The molecule has 34 heavy (non-hydrogen) atoms. The Bertz CT molecular complexity index is 1260. The number of alkyl halides is 3. The van der Waals surface area contributed by atoms with Gasteiger partial charge in [-0.15, -0.1) is 0 Å². The van der Waals surface area contributed by atoms with Gasteiger partial charge in [0.1, 0.15) is 6.54 Å².